The maximum atomic E-state index is 12.2. The molecule has 0 aromatic heterocycles. The molecular formula is C25H27BO3P+. The van der Waals surface area contributed by atoms with Crippen LogP contribution in [0.5, 0.6) is 0 Å². The van der Waals surface area contributed by atoms with Crippen molar-refractivity contribution in [1.82, 2.24) is 0 Å². The first-order valence-corrected chi connectivity index (χ1v) is 12.2. The molecule has 0 bridgehead atoms. The number of hydrogen-bond donors (Lipinski definition) is 1. The highest BCUT2D eigenvalue weighted by Crippen LogP contribution is 2.58. The van der Waals surface area contributed by atoms with Crippen molar-refractivity contribution in [2.24, 2.45) is 0 Å². The monoisotopic (exact) mass is 417 g/mol. The normalized spacial score (nSPS) is 12.3. The molecule has 5 heteroatoms. The van der Waals surface area contributed by atoms with Crippen LogP contribution in [0, 0.1) is 0 Å². The molecule has 0 heterocycles. The molecule has 3 aromatic rings. The lowest BCUT2D eigenvalue weighted by atomic mass is 10.2. The minimum absolute atomic E-state index is 0.0765. The number of carbonyl (C=O) groups excluding carboxylic acids is 1. The Bertz CT molecular complexity index is 864. The number of hydrogen-bond acceptors (Lipinski definition) is 3. The summed E-state index contributed by atoms with van der Waals surface area (Å²) in [4.78, 5) is 12.2. The van der Waals surface area contributed by atoms with E-state index in [1.165, 1.54) is 0 Å². The lowest BCUT2D eigenvalue weighted by Gasteiger charge is -2.32. The molecule has 30 heavy (non-hydrogen) atoms. The van der Waals surface area contributed by atoms with E-state index in [2.05, 4.69) is 24.3 Å². The zero-order valence-electron chi connectivity index (χ0n) is 17.1. The second kappa shape index (κ2) is 11.1. The number of carbonyl (C=O) groups is 1. The highest BCUT2D eigenvalue weighted by Gasteiger charge is 2.44. The number of aliphatic hydroxyl groups is 1. The molecule has 1 atom stereocenters. The van der Waals surface area contributed by atoms with E-state index in [4.69, 9.17) is 12.3 Å². The van der Waals surface area contributed by atoms with E-state index >= 15 is 0 Å². The standard InChI is InChI=1S/C25H27BO3P/c26-30(22-13-6-2-7-14-22,23-15-8-3-9-16-23)24(18-19-27)17-10-20-29-25(28)21-11-4-1-5-12-21/h1-9,11-16,24,27H,10,17-20H2/q+1/t24-/m1/s1. The van der Waals surface area contributed by atoms with E-state index in [9.17, 15) is 9.90 Å². The maximum Gasteiger partial charge on any atom is 0.377 e. The van der Waals surface area contributed by atoms with Crippen molar-refractivity contribution in [3.05, 3.63) is 96.6 Å². The first kappa shape index (κ1) is 22.3. The van der Waals surface area contributed by atoms with E-state index in [0.29, 0.717) is 25.0 Å². The lowest BCUT2D eigenvalue weighted by Crippen LogP contribution is -2.32. The molecule has 3 nitrogen and oxygen atoms in total. The molecule has 152 valence electrons. The minimum Gasteiger partial charge on any atom is -0.462 e. The average Bonchev–Trinajstić information content (AvgIpc) is 2.82. The molecule has 3 rings (SSSR count). The third-order valence-electron chi connectivity index (χ3n) is 5.33. The van der Waals surface area contributed by atoms with Crippen LogP contribution in [0.2, 0.25) is 0 Å². The summed E-state index contributed by atoms with van der Waals surface area (Å²) in [6.45, 7) is 0.409. The topological polar surface area (TPSA) is 46.5 Å². The van der Waals surface area contributed by atoms with Gasteiger partial charge in [-0.3, -0.25) is 0 Å². The zero-order chi connectivity index (χ0) is 21.2. The molecule has 1 N–H and O–H groups in total. The highest BCUT2D eigenvalue weighted by molar-refractivity contribution is 8.08. The number of rotatable bonds is 10. The Balaban J connectivity index is 1.74. The van der Waals surface area contributed by atoms with Crippen LogP contribution in [0.15, 0.2) is 91.0 Å². The molecule has 0 unspecified atom stereocenters. The van der Waals surface area contributed by atoms with Gasteiger partial charge in [0.15, 0.2) is 0 Å². The van der Waals surface area contributed by atoms with Crippen LogP contribution in [-0.4, -0.2) is 37.5 Å². The molecule has 0 saturated carbocycles. The number of ether oxygens (including phenoxy) is 1. The van der Waals surface area contributed by atoms with Crippen LogP contribution in [0.3, 0.4) is 0 Å². The highest BCUT2D eigenvalue weighted by atomic mass is 31.2. The van der Waals surface area contributed by atoms with Crippen molar-refractivity contribution >= 4 is 31.3 Å². The van der Waals surface area contributed by atoms with Gasteiger partial charge in [0.2, 0.25) is 0 Å². The molecule has 0 saturated heterocycles. The van der Waals surface area contributed by atoms with Crippen LogP contribution in [0.4, 0.5) is 0 Å². The van der Waals surface area contributed by atoms with Crippen molar-refractivity contribution in [3.8, 4) is 0 Å². The Morgan fingerprint density at radius 2 is 1.33 bits per heavy atom. The summed E-state index contributed by atoms with van der Waals surface area (Å²) >= 11 is 0. The van der Waals surface area contributed by atoms with E-state index in [1.54, 1.807) is 12.1 Å². The zero-order valence-corrected chi connectivity index (χ0v) is 18.0. The number of benzene rings is 3. The van der Waals surface area contributed by atoms with Crippen LogP contribution >= 0.6 is 7.14 Å². The van der Waals surface area contributed by atoms with Crippen LogP contribution < -0.4 is 10.6 Å². The Morgan fingerprint density at radius 3 is 1.83 bits per heavy atom. The van der Waals surface area contributed by atoms with Crippen molar-refractivity contribution in [2.75, 3.05) is 13.2 Å². The van der Waals surface area contributed by atoms with Gasteiger partial charge in [0, 0.05) is 20.2 Å². The Hall–Kier alpha value is -2.42. The first-order chi connectivity index (χ1) is 14.7. The molecule has 0 amide bonds. The Morgan fingerprint density at radius 1 is 0.833 bits per heavy atom. The van der Waals surface area contributed by atoms with Crippen molar-refractivity contribution in [3.63, 3.8) is 0 Å². The van der Waals surface area contributed by atoms with E-state index in [1.807, 2.05) is 54.6 Å². The Kier molecular flexibility index (Phi) is 8.25. The molecule has 3 aromatic carbocycles. The molecule has 0 aliphatic heterocycles. The van der Waals surface area contributed by atoms with E-state index in [-0.39, 0.29) is 18.2 Å². The van der Waals surface area contributed by atoms with Crippen molar-refractivity contribution in [1.29, 1.82) is 0 Å². The summed E-state index contributed by atoms with van der Waals surface area (Å²) in [7, 11) is 4.97. The fourth-order valence-electron chi connectivity index (χ4n) is 3.76. The third kappa shape index (κ3) is 5.39. The second-order valence-corrected chi connectivity index (χ2v) is 10.6. The quantitative estimate of drug-likeness (QED) is 0.234. The number of esters is 1. The van der Waals surface area contributed by atoms with E-state index < -0.39 is 7.14 Å². The van der Waals surface area contributed by atoms with Gasteiger partial charge in [0.1, 0.15) is 0 Å². The molecular weight excluding hydrogens is 390 g/mol. The van der Waals surface area contributed by atoms with Crippen molar-refractivity contribution in [2.45, 2.75) is 24.9 Å². The smallest absolute Gasteiger partial charge is 0.377 e. The van der Waals surface area contributed by atoms with Crippen LogP contribution in [0.1, 0.15) is 29.6 Å². The summed E-state index contributed by atoms with van der Waals surface area (Å²) in [5.41, 5.74) is 0.654. The summed E-state index contributed by atoms with van der Waals surface area (Å²) in [6.07, 6.45) is 2.08. The molecule has 0 aliphatic carbocycles. The third-order valence-corrected chi connectivity index (χ3v) is 9.30. The van der Waals surface area contributed by atoms with Crippen LogP contribution in [0.25, 0.3) is 0 Å². The van der Waals surface area contributed by atoms with Gasteiger partial charge in [0.25, 0.3) is 0 Å². The predicted octanol–water partition coefficient (Wildman–Crippen LogP) is 4.13. The largest absolute Gasteiger partial charge is 0.462 e. The SMILES string of the molecule is [B][P+](c1ccccc1)(c1ccccc1)[C@@H](CCO)CCCOC(=O)c1ccccc1. The van der Waals surface area contributed by atoms with Gasteiger partial charge >= 0.3 is 13.5 Å². The first-order valence-electron chi connectivity index (χ1n) is 10.3. The molecule has 0 aliphatic rings. The Labute approximate surface area is 180 Å². The lowest BCUT2D eigenvalue weighted by molar-refractivity contribution is 0.0497. The van der Waals surface area contributed by atoms with Gasteiger partial charge < -0.3 is 9.84 Å². The number of aliphatic hydroxyl groups excluding tert-OH is 1. The molecule has 0 fully saturated rings. The fraction of sp³-hybridized carbons (Fsp3) is 0.240. The molecule has 0 spiro atoms. The summed E-state index contributed by atoms with van der Waals surface area (Å²) in [5, 5.41) is 12.0. The van der Waals surface area contributed by atoms with Gasteiger partial charge in [-0.1, -0.05) is 54.6 Å². The van der Waals surface area contributed by atoms with Gasteiger partial charge in [-0.2, -0.15) is 0 Å². The summed E-state index contributed by atoms with van der Waals surface area (Å²) in [5.74, 6) is -0.311. The van der Waals surface area contributed by atoms with Gasteiger partial charge in [0.05, 0.1) is 28.4 Å². The summed E-state index contributed by atoms with van der Waals surface area (Å²) < 4.78 is 5.45. The minimum atomic E-state index is -2.22. The fourth-order valence-corrected chi connectivity index (χ4v) is 7.35. The van der Waals surface area contributed by atoms with Gasteiger partial charge in [-0.05, 0) is 49.2 Å². The van der Waals surface area contributed by atoms with Gasteiger partial charge in [-0.15, -0.1) is 0 Å². The van der Waals surface area contributed by atoms with Crippen molar-refractivity contribution < 1.29 is 14.6 Å². The van der Waals surface area contributed by atoms with E-state index in [0.717, 1.165) is 17.0 Å². The average molecular weight is 417 g/mol. The summed E-state index contributed by atoms with van der Waals surface area (Å²) in [6, 6.07) is 29.4. The van der Waals surface area contributed by atoms with Gasteiger partial charge in [-0.25, -0.2) is 4.79 Å². The maximum absolute atomic E-state index is 12.2. The second-order valence-electron chi connectivity index (χ2n) is 7.26. The predicted molar refractivity (Wildman–Crippen MR) is 126 cm³/mol. The van der Waals surface area contributed by atoms with Crippen LogP contribution in [-0.2, 0) is 4.74 Å². The molecule has 2 radical (unpaired) electrons.